The summed E-state index contributed by atoms with van der Waals surface area (Å²) in [5, 5.41) is 31.1. The van der Waals surface area contributed by atoms with Gasteiger partial charge in [-0.05, 0) is 12.8 Å². The number of hydrogen-bond donors (Lipinski definition) is 3. The molecule has 2 aliphatic rings. The Morgan fingerprint density at radius 3 is 2.52 bits per heavy atom. The van der Waals surface area contributed by atoms with Gasteiger partial charge in [0.2, 0.25) is 0 Å². The molecule has 8 heteroatoms. The molecule has 7 atom stereocenters. The second-order valence-electron chi connectivity index (χ2n) is 7.92. The summed E-state index contributed by atoms with van der Waals surface area (Å²) >= 11 is 0. The van der Waals surface area contributed by atoms with Crippen LogP contribution in [0, 0.1) is 0 Å². The average molecular weight is 375 g/mol. The first-order valence-electron chi connectivity index (χ1n) is 8.73. The van der Waals surface area contributed by atoms with Gasteiger partial charge >= 0.3 is 5.97 Å². The Labute approximate surface area is 149 Å². The summed E-state index contributed by atoms with van der Waals surface area (Å²) in [6, 6.07) is 0. The van der Waals surface area contributed by atoms with Crippen LogP contribution < -0.4 is 0 Å². The number of methoxy groups -OCH3 is 1. The van der Waals surface area contributed by atoms with E-state index in [1.807, 2.05) is 5.70 Å². The fraction of sp³-hybridized carbons (Fsp3) is 0.824. The van der Waals surface area contributed by atoms with Gasteiger partial charge in [0.1, 0.15) is 30.5 Å². The largest absolute Gasteiger partial charge is 0.469 e. The molecule has 1 unspecified atom stereocenters. The Hall–Kier alpha value is -0.773. The molecule has 0 aromatic rings. The Morgan fingerprint density at radius 1 is 1.24 bits per heavy atom. The molecule has 0 spiro atoms. The van der Waals surface area contributed by atoms with Gasteiger partial charge in [-0.25, -0.2) is 0 Å². The van der Waals surface area contributed by atoms with E-state index in [0.717, 1.165) is 0 Å². The van der Waals surface area contributed by atoms with Crippen LogP contribution in [0.15, 0.2) is 11.8 Å². The molecule has 2 fully saturated rings. The highest BCUT2D eigenvalue weighted by molar-refractivity contribution is 6.80. The molecule has 0 bridgehead atoms. The molecule has 25 heavy (non-hydrogen) atoms. The van der Waals surface area contributed by atoms with Crippen molar-refractivity contribution in [2.24, 2.45) is 0 Å². The molecule has 2 saturated heterocycles. The van der Waals surface area contributed by atoms with E-state index < -0.39 is 44.7 Å². The smallest absolute Gasteiger partial charge is 0.308 e. The molecule has 7 nitrogen and oxygen atoms in total. The number of hydrogen-bond acceptors (Lipinski definition) is 7. The predicted molar refractivity (Wildman–Crippen MR) is 93.7 cm³/mol. The highest BCUT2D eigenvalue weighted by Crippen LogP contribution is 2.34. The molecule has 2 aliphatic heterocycles. The van der Waals surface area contributed by atoms with Crippen LogP contribution >= 0.6 is 0 Å². The Kier molecular flexibility index (Phi) is 6.80. The van der Waals surface area contributed by atoms with Crippen molar-refractivity contribution in [3.05, 3.63) is 11.8 Å². The summed E-state index contributed by atoms with van der Waals surface area (Å²) in [4.78, 5) is 11.4. The Bertz CT molecular complexity index is 488. The van der Waals surface area contributed by atoms with Gasteiger partial charge in [-0.2, -0.15) is 0 Å². The van der Waals surface area contributed by atoms with E-state index in [4.69, 9.17) is 9.47 Å². The maximum atomic E-state index is 11.4. The number of esters is 1. The lowest BCUT2D eigenvalue weighted by Gasteiger charge is -2.47. The number of fused-ring (bicyclic) bond motifs is 1. The number of rotatable bonds is 5. The molecule has 2 rings (SSSR count). The molecule has 0 amide bonds. The van der Waals surface area contributed by atoms with Crippen molar-refractivity contribution in [1.82, 2.24) is 0 Å². The highest BCUT2D eigenvalue weighted by atomic mass is 28.3. The van der Waals surface area contributed by atoms with Crippen molar-refractivity contribution in [2.75, 3.05) is 7.11 Å². The van der Waals surface area contributed by atoms with Crippen molar-refractivity contribution < 1.29 is 34.3 Å². The SMILES string of the molecule is COC(=O)C[C@H]1CC[C@@H]2O[C@@H]([C@@H](O)/C=C/[Si](C)(C)C)C(O)[C@@H](O)[C@H]2O1. The number of ether oxygens (including phenoxy) is 3. The first kappa shape index (κ1) is 20.5. The average Bonchev–Trinajstić information content (AvgIpc) is 2.55. The third-order valence-corrected chi connectivity index (χ3v) is 5.79. The molecule has 0 aromatic heterocycles. The molecule has 0 saturated carbocycles. The second-order valence-corrected chi connectivity index (χ2v) is 13.0. The summed E-state index contributed by atoms with van der Waals surface area (Å²) in [7, 11) is -0.179. The van der Waals surface area contributed by atoms with Crippen LogP contribution in [0.2, 0.25) is 19.6 Å². The van der Waals surface area contributed by atoms with Crippen LogP contribution in [-0.2, 0) is 19.0 Å². The topological polar surface area (TPSA) is 105 Å². The molecule has 3 N–H and O–H groups in total. The highest BCUT2D eigenvalue weighted by Gasteiger charge is 2.49. The summed E-state index contributed by atoms with van der Waals surface area (Å²) < 4.78 is 16.2. The van der Waals surface area contributed by atoms with E-state index >= 15 is 0 Å². The number of aliphatic hydroxyl groups excluding tert-OH is 3. The van der Waals surface area contributed by atoms with E-state index in [2.05, 4.69) is 24.4 Å². The lowest BCUT2D eigenvalue weighted by molar-refractivity contribution is -0.274. The van der Waals surface area contributed by atoms with E-state index in [1.54, 1.807) is 6.08 Å². The maximum absolute atomic E-state index is 11.4. The quantitative estimate of drug-likeness (QED) is 0.472. The van der Waals surface area contributed by atoms with Gasteiger partial charge in [0.25, 0.3) is 0 Å². The minimum Gasteiger partial charge on any atom is -0.469 e. The van der Waals surface area contributed by atoms with Gasteiger partial charge in [0, 0.05) is 0 Å². The number of aliphatic hydroxyl groups is 3. The minimum absolute atomic E-state index is 0.105. The van der Waals surface area contributed by atoms with E-state index in [0.29, 0.717) is 12.8 Å². The standard InChI is InChI=1S/C17H30O7Si/c1-22-13(19)9-10-5-6-12-17(23-10)15(21)14(20)16(24-12)11(18)7-8-25(2,3)4/h7-8,10-12,14-18,20-21H,5-6,9H2,1-4H3/b8-7+/t10-,11+,12+,14?,15-,16+,17+/m1/s1. The summed E-state index contributed by atoms with van der Waals surface area (Å²) in [5.74, 6) is -0.375. The van der Waals surface area contributed by atoms with Crippen LogP contribution in [0.4, 0.5) is 0 Å². The van der Waals surface area contributed by atoms with Crippen molar-refractivity contribution >= 4 is 14.0 Å². The van der Waals surface area contributed by atoms with E-state index in [1.165, 1.54) is 7.11 Å². The van der Waals surface area contributed by atoms with Gasteiger partial charge < -0.3 is 29.5 Å². The maximum Gasteiger partial charge on any atom is 0.308 e. The fourth-order valence-corrected chi connectivity index (χ4v) is 3.98. The zero-order valence-electron chi connectivity index (χ0n) is 15.3. The zero-order valence-corrected chi connectivity index (χ0v) is 16.3. The van der Waals surface area contributed by atoms with Gasteiger partial charge in [0.05, 0.1) is 33.8 Å². The van der Waals surface area contributed by atoms with Crippen LogP contribution in [0.3, 0.4) is 0 Å². The van der Waals surface area contributed by atoms with Crippen LogP contribution in [0.25, 0.3) is 0 Å². The summed E-state index contributed by atoms with van der Waals surface area (Å²) in [6.45, 7) is 6.40. The molecule has 0 aromatic carbocycles. The summed E-state index contributed by atoms with van der Waals surface area (Å²) in [5.41, 5.74) is 1.98. The van der Waals surface area contributed by atoms with Gasteiger partial charge in [-0.15, -0.1) is 0 Å². The second kappa shape index (κ2) is 8.28. The van der Waals surface area contributed by atoms with Crippen molar-refractivity contribution in [3.63, 3.8) is 0 Å². The van der Waals surface area contributed by atoms with E-state index in [9.17, 15) is 20.1 Å². The number of carbonyl (C=O) groups excluding carboxylic acids is 1. The first-order chi connectivity index (χ1) is 11.6. The molecular weight excluding hydrogens is 344 g/mol. The van der Waals surface area contributed by atoms with Crippen LogP contribution in [-0.4, -0.2) is 79.2 Å². The third-order valence-electron chi connectivity index (χ3n) is 4.60. The first-order valence-corrected chi connectivity index (χ1v) is 12.3. The third kappa shape index (κ3) is 5.35. The molecule has 2 heterocycles. The monoisotopic (exact) mass is 374 g/mol. The molecule has 144 valence electrons. The van der Waals surface area contributed by atoms with Crippen LogP contribution in [0.5, 0.6) is 0 Å². The minimum atomic E-state index is -1.49. The molecular formula is C17H30O7Si. The summed E-state index contributed by atoms with van der Waals surface area (Å²) in [6.07, 6.45) is -2.93. The lowest BCUT2D eigenvalue weighted by atomic mass is 9.87. The van der Waals surface area contributed by atoms with E-state index in [-0.39, 0.29) is 18.5 Å². The van der Waals surface area contributed by atoms with Gasteiger partial charge in [-0.3, -0.25) is 4.79 Å². The predicted octanol–water partition coefficient (Wildman–Crippen LogP) is 0.381. The van der Waals surface area contributed by atoms with Crippen molar-refractivity contribution in [3.8, 4) is 0 Å². The molecule has 0 radical (unpaired) electrons. The van der Waals surface area contributed by atoms with Crippen molar-refractivity contribution in [2.45, 2.75) is 81.6 Å². The normalized spacial score (nSPS) is 37.6. The molecule has 0 aliphatic carbocycles. The fourth-order valence-electron chi connectivity index (χ4n) is 3.21. The Balaban J connectivity index is 2.02. The van der Waals surface area contributed by atoms with Gasteiger partial charge in [-0.1, -0.05) is 31.4 Å². The van der Waals surface area contributed by atoms with Crippen molar-refractivity contribution in [1.29, 1.82) is 0 Å². The Morgan fingerprint density at radius 2 is 1.92 bits per heavy atom. The number of carbonyl (C=O) groups is 1. The lowest BCUT2D eigenvalue weighted by Crippen LogP contribution is -2.63. The zero-order chi connectivity index (χ0) is 18.8. The van der Waals surface area contributed by atoms with Crippen LogP contribution in [0.1, 0.15) is 19.3 Å². The van der Waals surface area contributed by atoms with Gasteiger partial charge in [0.15, 0.2) is 0 Å².